The third-order valence-corrected chi connectivity index (χ3v) is 3.59. The van der Waals surface area contributed by atoms with Crippen LogP contribution >= 0.6 is 0 Å². The average molecular weight is 271 g/mol. The van der Waals surface area contributed by atoms with Gasteiger partial charge in [0.25, 0.3) is 0 Å². The van der Waals surface area contributed by atoms with E-state index in [1.165, 1.54) is 28.6 Å². The summed E-state index contributed by atoms with van der Waals surface area (Å²) >= 11 is 0. The Morgan fingerprint density at radius 2 is 1.85 bits per heavy atom. The Labute approximate surface area is 116 Å². The molecule has 3 aromatic rings. The van der Waals surface area contributed by atoms with Crippen molar-refractivity contribution in [3.8, 4) is 0 Å². The molecule has 102 valence electrons. The molecule has 0 N–H and O–H groups in total. The summed E-state index contributed by atoms with van der Waals surface area (Å²) in [7, 11) is 0. The van der Waals surface area contributed by atoms with Crippen LogP contribution in [0, 0.1) is 11.6 Å². The van der Waals surface area contributed by atoms with Crippen molar-refractivity contribution in [3.63, 3.8) is 0 Å². The first-order valence-corrected chi connectivity index (χ1v) is 6.69. The lowest BCUT2D eigenvalue weighted by atomic mass is 10.1. The molecular weight excluding hydrogens is 256 g/mol. The molecule has 0 aliphatic rings. The molecule has 1 aromatic heterocycles. The van der Waals surface area contributed by atoms with E-state index in [4.69, 9.17) is 0 Å². The first-order chi connectivity index (χ1) is 9.69. The van der Waals surface area contributed by atoms with Crippen LogP contribution < -0.4 is 0 Å². The fraction of sp³-hybridized carbons (Fsp3) is 0.176. The highest BCUT2D eigenvalue weighted by atomic mass is 19.2. The molecule has 2 aromatic carbocycles. The van der Waals surface area contributed by atoms with Crippen molar-refractivity contribution in [3.05, 3.63) is 71.4 Å². The van der Waals surface area contributed by atoms with E-state index in [9.17, 15) is 8.78 Å². The minimum absolute atomic E-state index is 0.539. The molecule has 0 saturated carbocycles. The Morgan fingerprint density at radius 1 is 1.00 bits per heavy atom. The van der Waals surface area contributed by atoms with Crippen LogP contribution in [-0.2, 0) is 13.0 Å². The zero-order valence-corrected chi connectivity index (χ0v) is 11.2. The second-order valence-corrected chi connectivity index (χ2v) is 4.90. The van der Waals surface area contributed by atoms with E-state index in [0.29, 0.717) is 6.54 Å². The number of halogens is 2. The van der Waals surface area contributed by atoms with E-state index in [-0.39, 0.29) is 0 Å². The van der Waals surface area contributed by atoms with Gasteiger partial charge in [0.05, 0.1) is 5.52 Å². The Kier molecular flexibility index (Phi) is 3.26. The van der Waals surface area contributed by atoms with Crippen LogP contribution in [0.15, 0.2) is 48.7 Å². The highest BCUT2D eigenvalue weighted by Gasteiger charge is 2.07. The Hall–Kier alpha value is -2.16. The summed E-state index contributed by atoms with van der Waals surface area (Å²) in [6, 6.07) is 12.3. The maximum absolute atomic E-state index is 13.3. The van der Waals surface area contributed by atoms with Gasteiger partial charge in [-0.15, -0.1) is 0 Å². The van der Waals surface area contributed by atoms with Gasteiger partial charge in [-0.1, -0.05) is 31.2 Å². The molecule has 0 bridgehead atoms. The standard InChI is InChI=1S/C17H15F2N/c1-2-13-4-3-5-14-8-9-20(17(13)14)11-12-6-7-15(18)16(19)10-12/h3-10H,2,11H2,1H3. The quantitative estimate of drug-likeness (QED) is 0.659. The van der Waals surface area contributed by atoms with E-state index in [1.807, 2.05) is 18.3 Å². The second-order valence-electron chi connectivity index (χ2n) is 4.90. The van der Waals surface area contributed by atoms with Crippen LogP contribution in [0.3, 0.4) is 0 Å². The SMILES string of the molecule is CCc1cccc2ccn(Cc3ccc(F)c(F)c3)c12. The van der Waals surface area contributed by atoms with Gasteiger partial charge in [-0.25, -0.2) is 8.78 Å². The summed E-state index contributed by atoms with van der Waals surface area (Å²) in [5.74, 6) is -1.60. The Balaban J connectivity index is 2.04. The molecule has 0 spiro atoms. The van der Waals surface area contributed by atoms with E-state index in [0.717, 1.165) is 12.0 Å². The van der Waals surface area contributed by atoms with E-state index in [2.05, 4.69) is 23.6 Å². The maximum atomic E-state index is 13.3. The Bertz CT molecular complexity index is 759. The lowest BCUT2D eigenvalue weighted by molar-refractivity contribution is 0.506. The number of aromatic nitrogens is 1. The lowest BCUT2D eigenvalue weighted by Crippen LogP contribution is -2.01. The molecule has 3 heteroatoms. The molecule has 1 nitrogen and oxygen atoms in total. The average Bonchev–Trinajstić information content (AvgIpc) is 2.86. The van der Waals surface area contributed by atoms with Crippen molar-refractivity contribution in [2.45, 2.75) is 19.9 Å². The number of hydrogen-bond acceptors (Lipinski definition) is 0. The number of aryl methyl sites for hydroxylation is 1. The molecule has 1 heterocycles. The van der Waals surface area contributed by atoms with Crippen molar-refractivity contribution in [2.24, 2.45) is 0 Å². The van der Waals surface area contributed by atoms with Crippen LogP contribution in [0.25, 0.3) is 10.9 Å². The molecular formula is C17H15F2N. The topological polar surface area (TPSA) is 4.93 Å². The van der Waals surface area contributed by atoms with Crippen molar-refractivity contribution in [1.29, 1.82) is 0 Å². The van der Waals surface area contributed by atoms with Crippen LogP contribution in [-0.4, -0.2) is 4.57 Å². The minimum atomic E-state index is -0.805. The van der Waals surface area contributed by atoms with Gasteiger partial charge in [-0.05, 0) is 41.1 Å². The number of nitrogens with zero attached hydrogens (tertiary/aromatic N) is 1. The van der Waals surface area contributed by atoms with Gasteiger partial charge in [0.2, 0.25) is 0 Å². The van der Waals surface area contributed by atoms with Gasteiger partial charge in [-0.3, -0.25) is 0 Å². The lowest BCUT2D eigenvalue weighted by Gasteiger charge is -2.09. The Morgan fingerprint density at radius 3 is 2.60 bits per heavy atom. The van der Waals surface area contributed by atoms with Crippen molar-refractivity contribution >= 4 is 10.9 Å². The smallest absolute Gasteiger partial charge is 0.159 e. The minimum Gasteiger partial charge on any atom is -0.343 e. The highest BCUT2D eigenvalue weighted by molar-refractivity contribution is 5.83. The van der Waals surface area contributed by atoms with Crippen LogP contribution in [0.5, 0.6) is 0 Å². The molecule has 3 rings (SSSR count). The molecule has 0 atom stereocenters. The first kappa shape index (κ1) is 12.9. The van der Waals surface area contributed by atoms with Crippen molar-refractivity contribution < 1.29 is 8.78 Å². The monoisotopic (exact) mass is 271 g/mol. The fourth-order valence-corrected chi connectivity index (χ4v) is 2.59. The van der Waals surface area contributed by atoms with Crippen LogP contribution in [0.2, 0.25) is 0 Å². The predicted octanol–water partition coefficient (Wildman–Crippen LogP) is 4.53. The van der Waals surface area contributed by atoms with Gasteiger partial charge in [0, 0.05) is 12.7 Å². The molecule has 0 saturated heterocycles. The number of hydrogen-bond donors (Lipinski definition) is 0. The van der Waals surface area contributed by atoms with Gasteiger partial charge in [0.15, 0.2) is 11.6 Å². The molecule has 0 aliphatic heterocycles. The van der Waals surface area contributed by atoms with E-state index in [1.54, 1.807) is 6.07 Å². The zero-order valence-electron chi connectivity index (χ0n) is 11.2. The normalized spacial score (nSPS) is 11.2. The number of benzene rings is 2. The highest BCUT2D eigenvalue weighted by Crippen LogP contribution is 2.22. The largest absolute Gasteiger partial charge is 0.343 e. The third kappa shape index (κ3) is 2.20. The third-order valence-electron chi connectivity index (χ3n) is 3.59. The molecule has 0 unspecified atom stereocenters. The summed E-state index contributed by atoms with van der Waals surface area (Å²) in [6.07, 6.45) is 2.93. The molecule has 20 heavy (non-hydrogen) atoms. The van der Waals surface area contributed by atoms with Gasteiger partial charge >= 0.3 is 0 Å². The van der Waals surface area contributed by atoms with Gasteiger partial charge in [-0.2, -0.15) is 0 Å². The number of para-hydroxylation sites is 1. The van der Waals surface area contributed by atoms with Crippen molar-refractivity contribution in [1.82, 2.24) is 4.57 Å². The first-order valence-electron chi connectivity index (χ1n) is 6.69. The van der Waals surface area contributed by atoms with Gasteiger partial charge in [0.1, 0.15) is 0 Å². The molecule has 0 fully saturated rings. The summed E-state index contributed by atoms with van der Waals surface area (Å²) in [4.78, 5) is 0. The number of fused-ring (bicyclic) bond motifs is 1. The zero-order chi connectivity index (χ0) is 14.1. The molecule has 0 amide bonds. The summed E-state index contributed by atoms with van der Waals surface area (Å²) in [6.45, 7) is 2.65. The van der Waals surface area contributed by atoms with Crippen molar-refractivity contribution in [2.75, 3.05) is 0 Å². The number of rotatable bonds is 3. The van der Waals surface area contributed by atoms with E-state index < -0.39 is 11.6 Å². The summed E-state index contributed by atoms with van der Waals surface area (Å²) in [5, 5.41) is 1.17. The van der Waals surface area contributed by atoms with Crippen LogP contribution in [0.4, 0.5) is 8.78 Å². The van der Waals surface area contributed by atoms with E-state index >= 15 is 0 Å². The van der Waals surface area contributed by atoms with Gasteiger partial charge < -0.3 is 4.57 Å². The van der Waals surface area contributed by atoms with Crippen LogP contribution in [0.1, 0.15) is 18.1 Å². The molecule has 0 radical (unpaired) electrons. The summed E-state index contributed by atoms with van der Waals surface area (Å²) in [5.41, 5.74) is 3.18. The fourth-order valence-electron chi connectivity index (χ4n) is 2.59. The predicted molar refractivity (Wildman–Crippen MR) is 76.8 cm³/mol. The maximum Gasteiger partial charge on any atom is 0.159 e. The second kappa shape index (κ2) is 5.08. The summed E-state index contributed by atoms with van der Waals surface area (Å²) < 4.78 is 28.3. The molecule has 0 aliphatic carbocycles.